The van der Waals surface area contributed by atoms with Gasteiger partial charge in [0.05, 0.1) is 6.04 Å². The summed E-state index contributed by atoms with van der Waals surface area (Å²) in [5.41, 5.74) is 0. The van der Waals surface area contributed by atoms with Gasteiger partial charge in [-0.3, -0.25) is 9.59 Å². The van der Waals surface area contributed by atoms with Gasteiger partial charge in [0.1, 0.15) is 18.7 Å². The third kappa shape index (κ3) is 11.1. The fraction of sp³-hybridized carbons (Fsp3) is 0.771. The van der Waals surface area contributed by atoms with E-state index in [1.807, 2.05) is 46.8 Å². The van der Waals surface area contributed by atoms with E-state index >= 15 is 0 Å². The number of rotatable bonds is 18. The van der Waals surface area contributed by atoms with Crippen LogP contribution in [-0.2, 0) is 14.3 Å². The number of ether oxygens (including phenoxy) is 1. The van der Waals surface area contributed by atoms with Crippen molar-refractivity contribution in [1.82, 2.24) is 26.2 Å². The second-order valence-electron chi connectivity index (χ2n) is 14.2. The predicted octanol–water partition coefficient (Wildman–Crippen LogP) is 5.29. The molecule has 0 spiro atoms. The van der Waals surface area contributed by atoms with Gasteiger partial charge in [-0.25, -0.2) is 9.59 Å². The molecule has 0 aromatic carbocycles. The minimum Gasteiger partial charge on any atom is -0.447 e. The molecule has 3 fully saturated rings. The molecule has 2 saturated carbocycles. The second-order valence-corrected chi connectivity index (χ2v) is 14.2. The van der Waals surface area contributed by atoms with Crippen molar-refractivity contribution in [2.45, 2.75) is 130 Å². The summed E-state index contributed by atoms with van der Waals surface area (Å²) < 4.78 is 5.37. The summed E-state index contributed by atoms with van der Waals surface area (Å²) in [4.78, 5) is 55.4. The number of hydrogen-bond donors (Lipinski definition) is 4. The van der Waals surface area contributed by atoms with Gasteiger partial charge in [0.15, 0.2) is 0 Å². The van der Waals surface area contributed by atoms with E-state index in [1.165, 1.54) is 19.3 Å². The number of likely N-dealkylation sites (tertiary alicyclic amines) is 1. The highest BCUT2D eigenvalue weighted by Gasteiger charge is 2.58. The first-order valence-corrected chi connectivity index (χ1v) is 17.3. The Morgan fingerprint density at radius 2 is 1.69 bits per heavy atom. The van der Waals surface area contributed by atoms with Crippen molar-refractivity contribution in [3.63, 3.8) is 0 Å². The molecule has 254 valence electrons. The minimum atomic E-state index is -0.812. The lowest BCUT2D eigenvalue weighted by atomic mass is 9.81. The number of nitrogens with one attached hydrogen (secondary N) is 4. The van der Waals surface area contributed by atoms with Gasteiger partial charge in [-0.2, -0.15) is 0 Å². The fourth-order valence-electron chi connectivity index (χ4n) is 6.69. The van der Waals surface area contributed by atoms with Crippen molar-refractivity contribution in [2.75, 3.05) is 13.2 Å². The molecule has 1 saturated heterocycles. The van der Waals surface area contributed by atoms with Gasteiger partial charge in [-0.15, -0.1) is 6.58 Å². The highest BCUT2D eigenvalue weighted by molar-refractivity contribution is 5.93. The molecule has 0 aromatic heterocycles. The van der Waals surface area contributed by atoms with Crippen LogP contribution in [0.1, 0.15) is 99.3 Å². The topological polar surface area (TPSA) is 129 Å². The van der Waals surface area contributed by atoms with E-state index in [2.05, 4.69) is 40.8 Å². The summed E-state index contributed by atoms with van der Waals surface area (Å²) in [6.45, 7) is 16.0. The Bertz CT molecular complexity index is 1040. The first kappa shape index (κ1) is 36.4. The molecule has 0 aromatic rings. The molecule has 3 rings (SSSR count). The average Bonchev–Trinajstić information content (AvgIpc) is 3.61. The number of urea groups is 1. The Morgan fingerprint density at radius 1 is 0.978 bits per heavy atom. The molecule has 1 heterocycles. The van der Waals surface area contributed by atoms with E-state index in [9.17, 15) is 19.2 Å². The molecule has 5 unspecified atom stereocenters. The third-order valence-corrected chi connectivity index (χ3v) is 9.63. The van der Waals surface area contributed by atoms with Gasteiger partial charge in [-0.1, -0.05) is 51.3 Å². The Hall–Kier alpha value is -3.04. The Labute approximate surface area is 270 Å². The van der Waals surface area contributed by atoms with Crippen LogP contribution in [0.15, 0.2) is 24.8 Å². The summed E-state index contributed by atoms with van der Waals surface area (Å²) in [5, 5.41) is 11.9. The quantitative estimate of drug-likeness (QED) is 0.153. The molecule has 10 heteroatoms. The Balaban J connectivity index is 1.76. The molecule has 45 heavy (non-hydrogen) atoms. The van der Waals surface area contributed by atoms with Gasteiger partial charge in [0.2, 0.25) is 11.8 Å². The third-order valence-electron chi connectivity index (χ3n) is 9.63. The lowest BCUT2D eigenvalue weighted by Crippen LogP contribution is -2.60. The van der Waals surface area contributed by atoms with Gasteiger partial charge in [0, 0.05) is 18.6 Å². The second kappa shape index (κ2) is 17.6. The number of fused-ring (bicyclic) bond motifs is 1. The smallest absolute Gasteiger partial charge is 0.407 e. The summed E-state index contributed by atoms with van der Waals surface area (Å²) in [5.74, 6) is 0.729. The molecule has 7 atom stereocenters. The monoisotopic (exact) mass is 629 g/mol. The van der Waals surface area contributed by atoms with Crippen molar-refractivity contribution in [1.29, 1.82) is 0 Å². The van der Waals surface area contributed by atoms with E-state index in [0.717, 1.165) is 19.3 Å². The lowest BCUT2D eigenvalue weighted by molar-refractivity contribution is -0.142. The standard InChI is InChI=1S/C35H59N5O5/c1-8-10-12-17-26(16-11-9-2)30(39-34(43)38-29(22(3)4)21-45-35(44)36-23(5)6)33(42)40-20-27-19-28(27)31(40)32(41)37-24(7)18-25-14-13-15-25/h8-10,22-31H,2,11-21H2,1,3-7H3,(H,36,44)(H,37,41)(H2,38,39,43)/b10-8-/t24?,26?,27-,28-,29?,30?,31?/m0/s1. The number of nitrogens with zero attached hydrogens (tertiary/aromatic N) is 1. The van der Waals surface area contributed by atoms with Gasteiger partial charge in [0.25, 0.3) is 0 Å². The van der Waals surface area contributed by atoms with Crippen molar-refractivity contribution in [3.05, 3.63) is 24.8 Å². The number of alkyl carbamates (subject to hydrolysis) is 1. The molecule has 4 N–H and O–H groups in total. The Morgan fingerprint density at radius 3 is 2.29 bits per heavy atom. The van der Waals surface area contributed by atoms with Crippen LogP contribution in [0.4, 0.5) is 9.59 Å². The highest BCUT2D eigenvalue weighted by Crippen LogP contribution is 2.50. The molecule has 10 nitrogen and oxygen atoms in total. The first-order chi connectivity index (χ1) is 21.4. The van der Waals surface area contributed by atoms with Crippen LogP contribution in [0.2, 0.25) is 0 Å². The maximum absolute atomic E-state index is 14.4. The summed E-state index contributed by atoms with van der Waals surface area (Å²) in [6, 6.07) is -2.27. The molecule has 0 bridgehead atoms. The van der Waals surface area contributed by atoms with Crippen LogP contribution in [0, 0.1) is 29.6 Å². The number of carbonyl (C=O) groups is 4. The van der Waals surface area contributed by atoms with Crippen LogP contribution >= 0.6 is 0 Å². The van der Waals surface area contributed by atoms with E-state index in [1.54, 1.807) is 4.90 Å². The highest BCUT2D eigenvalue weighted by atomic mass is 16.5. The molecule has 2 aliphatic carbocycles. The zero-order valence-corrected chi connectivity index (χ0v) is 28.5. The van der Waals surface area contributed by atoms with Crippen molar-refractivity contribution < 1.29 is 23.9 Å². The maximum Gasteiger partial charge on any atom is 0.407 e. The molecule has 0 radical (unpaired) electrons. The number of piperidine rings is 1. The number of carbonyl (C=O) groups excluding carboxylic acids is 4. The van der Waals surface area contributed by atoms with Crippen LogP contribution in [0.5, 0.6) is 0 Å². The van der Waals surface area contributed by atoms with Crippen LogP contribution in [0.3, 0.4) is 0 Å². The largest absolute Gasteiger partial charge is 0.447 e. The van der Waals surface area contributed by atoms with Crippen molar-refractivity contribution in [2.24, 2.45) is 29.6 Å². The summed E-state index contributed by atoms with van der Waals surface area (Å²) in [7, 11) is 0. The van der Waals surface area contributed by atoms with E-state index in [0.29, 0.717) is 37.6 Å². The SMILES string of the molecule is C=CCCC(CC/C=C\C)C(NC(=O)NC(COC(=O)NC(C)C)C(C)C)C(=O)N1C[C@@H]2C[C@@H]2C1C(=O)NC(C)CC1CCC1. The first-order valence-electron chi connectivity index (χ1n) is 17.3. The molecular weight excluding hydrogens is 570 g/mol. The maximum atomic E-state index is 14.4. The van der Waals surface area contributed by atoms with E-state index in [4.69, 9.17) is 4.74 Å². The molecule has 5 amide bonds. The molecule has 1 aliphatic heterocycles. The van der Waals surface area contributed by atoms with Crippen LogP contribution < -0.4 is 21.3 Å². The van der Waals surface area contributed by atoms with Crippen LogP contribution in [-0.4, -0.2) is 72.2 Å². The zero-order valence-electron chi connectivity index (χ0n) is 28.5. The zero-order chi connectivity index (χ0) is 33.1. The number of amides is 5. The Kier molecular flexibility index (Phi) is 14.2. The molecular formula is C35H59N5O5. The summed E-state index contributed by atoms with van der Waals surface area (Å²) >= 11 is 0. The molecule has 3 aliphatic rings. The number of allylic oxidation sites excluding steroid dienone is 3. The minimum absolute atomic E-state index is 0.000211. The normalized spacial score (nSPS) is 23.5. The van der Waals surface area contributed by atoms with Crippen molar-refractivity contribution >= 4 is 23.9 Å². The number of hydrogen-bond acceptors (Lipinski definition) is 5. The van der Waals surface area contributed by atoms with Crippen molar-refractivity contribution in [3.8, 4) is 0 Å². The van der Waals surface area contributed by atoms with Gasteiger partial charge in [-0.05, 0) is 95.8 Å². The fourth-order valence-corrected chi connectivity index (χ4v) is 6.69. The lowest BCUT2D eigenvalue weighted by Gasteiger charge is -2.35. The summed E-state index contributed by atoms with van der Waals surface area (Å²) in [6.07, 6.45) is 13.9. The van der Waals surface area contributed by atoms with Gasteiger partial charge < -0.3 is 30.9 Å². The predicted molar refractivity (Wildman–Crippen MR) is 177 cm³/mol. The van der Waals surface area contributed by atoms with E-state index < -0.39 is 30.2 Å². The van der Waals surface area contributed by atoms with E-state index in [-0.39, 0.29) is 48.3 Å². The van der Waals surface area contributed by atoms with Crippen LogP contribution in [0.25, 0.3) is 0 Å². The average molecular weight is 630 g/mol. The van der Waals surface area contributed by atoms with Gasteiger partial charge >= 0.3 is 12.1 Å².